The number of benzene rings is 2. The Bertz CT molecular complexity index is 494. The molecule has 0 aliphatic carbocycles. The summed E-state index contributed by atoms with van der Waals surface area (Å²) < 4.78 is 13.1. The van der Waals surface area contributed by atoms with Gasteiger partial charge in [-0.2, -0.15) is 0 Å². The van der Waals surface area contributed by atoms with Crippen LogP contribution in [0.25, 0.3) is 0 Å². The Hall–Kier alpha value is -0.990. The number of rotatable bonds is 2. The van der Waals surface area contributed by atoms with Crippen LogP contribution in [0.4, 0.5) is 4.39 Å². The maximum atomic E-state index is 13.1. The molecule has 0 saturated carbocycles. The van der Waals surface area contributed by atoms with E-state index in [0.29, 0.717) is 11.4 Å². The lowest BCUT2D eigenvalue weighted by molar-refractivity contribution is 0.624. The highest BCUT2D eigenvalue weighted by atomic mass is 35.5. The number of hydrogen-bond donors (Lipinski definition) is 1. The van der Waals surface area contributed by atoms with Crippen molar-refractivity contribution in [3.05, 3.63) is 64.4 Å². The van der Waals surface area contributed by atoms with Gasteiger partial charge in [0.2, 0.25) is 0 Å². The number of halogens is 2. The van der Waals surface area contributed by atoms with E-state index in [4.69, 9.17) is 11.6 Å². The van der Waals surface area contributed by atoms with E-state index < -0.39 is 0 Å². The van der Waals surface area contributed by atoms with E-state index in [1.807, 2.05) is 24.3 Å². The first-order valence-corrected chi connectivity index (χ1v) is 5.69. The summed E-state index contributed by atoms with van der Waals surface area (Å²) in [5.41, 5.74) is 1.97. The zero-order valence-electron chi connectivity index (χ0n) is 8.45. The molecule has 0 atom stereocenters. The molecular weight excluding hydrogens is 243 g/mol. The zero-order chi connectivity index (χ0) is 11.5. The molecule has 0 amide bonds. The second-order valence-corrected chi connectivity index (χ2v) is 4.49. The Labute approximate surface area is 104 Å². The fourth-order valence-electron chi connectivity index (χ4n) is 1.52. The van der Waals surface area contributed by atoms with E-state index in [2.05, 4.69) is 12.6 Å². The molecule has 3 heteroatoms. The van der Waals surface area contributed by atoms with Crippen LogP contribution in [0.2, 0.25) is 5.02 Å². The highest BCUT2D eigenvalue weighted by Crippen LogP contribution is 2.20. The largest absolute Gasteiger partial charge is 0.207 e. The highest BCUT2D eigenvalue weighted by Gasteiger charge is 2.02. The average molecular weight is 253 g/mol. The standard InChI is InChI=1S/C13H10ClFS/c14-11-3-1-9(2-4-11)7-10-8-12(15)5-6-13(10)16/h1-6,8,16H,7H2. The van der Waals surface area contributed by atoms with Crippen LogP contribution in [-0.4, -0.2) is 0 Å². The molecule has 0 aliphatic rings. The first-order valence-electron chi connectivity index (χ1n) is 4.87. The van der Waals surface area contributed by atoms with Crippen LogP contribution >= 0.6 is 24.2 Å². The van der Waals surface area contributed by atoms with Gasteiger partial charge in [-0.1, -0.05) is 23.7 Å². The van der Waals surface area contributed by atoms with Crippen molar-refractivity contribution in [2.75, 3.05) is 0 Å². The minimum atomic E-state index is -0.234. The first kappa shape index (κ1) is 11.5. The molecule has 0 nitrogen and oxygen atoms in total. The summed E-state index contributed by atoms with van der Waals surface area (Å²) >= 11 is 10.1. The molecule has 0 fully saturated rings. The lowest BCUT2D eigenvalue weighted by atomic mass is 10.1. The molecule has 0 bridgehead atoms. The van der Waals surface area contributed by atoms with E-state index in [-0.39, 0.29) is 5.82 Å². The summed E-state index contributed by atoms with van der Waals surface area (Å²) in [7, 11) is 0. The van der Waals surface area contributed by atoms with E-state index in [0.717, 1.165) is 16.0 Å². The first-order chi connectivity index (χ1) is 7.65. The third kappa shape index (κ3) is 2.77. The van der Waals surface area contributed by atoms with Gasteiger partial charge in [0.25, 0.3) is 0 Å². The van der Waals surface area contributed by atoms with E-state index in [1.54, 1.807) is 6.07 Å². The van der Waals surface area contributed by atoms with Crippen molar-refractivity contribution in [1.29, 1.82) is 0 Å². The monoisotopic (exact) mass is 252 g/mol. The molecule has 0 aliphatic heterocycles. The molecule has 2 rings (SSSR count). The summed E-state index contributed by atoms with van der Waals surface area (Å²) in [6.45, 7) is 0. The van der Waals surface area contributed by atoms with Gasteiger partial charge in [-0.05, 0) is 47.9 Å². The van der Waals surface area contributed by atoms with Crippen molar-refractivity contribution in [2.45, 2.75) is 11.3 Å². The molecule has 0 saturated heterocycles. The van der Waals surface area contributed by atoms with Crippen molar-refractivity contribution in [3.8, 4) is 0 Å². The molecule has 0 heterocycles. The normalized spacial score (nSPS) is 10.4. The molecule has 0 N–H and O–H groups in total. The van der Waals surface area contributed by atoms with Crippen LogP contribution in [0.1, 0.15) is 11.1 Å². The van der Waals surface area contributed by atoms with Gasteiger partial charge in [-0.15, -0.1) is 12.6 Å². The summed E-state index contributed by atoms with van der Waals surface area (Å²) in [5, 5.41) is 0.703. The topological polar surface area (TPSA) is 0 Å². The molecule has 16 heavy (non-hydrogen) atoms. The minimum Gasteiger partial charge on any atom is -0.207 e. The predicted octanol–water partition coefficient (Wildman–Crippen LogP) is 4.36. The van der Waals surface area contributed by atoms with Gasteiger partial charge in [-0.25, -0.2) is 4.39 Å². The summed E-state index contributed by atoms with van der Waals surface area (Å²) in [5.74, 6) is -0.234. The van der Waals surface area contributed by atoms with E-state index in [1.165, 1.54) is 12.1 Å². The average Bonchev–Trinajstić information content (AvgIpc) is 2.27. The maximum Gasteiger partial charge on any atom is 0.123 e. The Morgan fingerprint density at radius 3 is 2.44 bits per heavy atom. The van der Waals surface area contributed by atoms with Gasteiger partial charge >= 0.3 is 0 Å². The number of thiol groups is 1. The molecular formula is C13H10ClFS. The molecule has 0 aromatic heterocycles. The van der Waals surface area contributed by atoms with Crippen molar-refractivity contribution < 1.29 is 4.39 Å². The van der Waals surface area contributed by atoms with Crippen LogP contribution in [0.5, 0.6) is 0 Å². The summed E-state index contributed by atoms with van der Waals surface area (Å²) in [6, 6.07) is 12.1. The lowest BCUT2D eigenvalue weighted by Crippen LogP contribution is -1.91. The second-order valence-electron chi connectivity index (χ2n) is 3.58. The van der Waals surface area contributed by atoms with Crippen LogP contribution < -0.4 is 0 Å². The van der Waals surface area contributed by atoms with Gasteiger partial charge in [0, 0.05) is 9.92 Å². The fraction of sp³-hybridized carbons (Fsp3) is 0.0769. The van der Waals surface area contributed by atoms with Crippen LogP contribution in [-0.2, 0) is 6.42 Å². The Kier molecular flexibility index (Phi) is 3.52. The van der Waals surface area contributed by atoms with Crippen molar-refractivity contribution in [2.24, 2.45) is 0 Å². The van der Waals surface area contributed by atoms with Gasteiger partial charge in [0.1, 0.15) is 5.82 Å². The lowest BCUT2D eigenvalue weighted by Gasteiger charge is -2.05. The Balaban J connectivity index is 2.26. The van der Waals surface area contributed by atoms with Gasteiger partial charge < -0.3 is 0 Å². The van der Waals surface area contributed by atoms with Crippen LogP contribution in [0.3, 0.4) is 0 Å². The Morgan fingerprint density at radius 1 is 1.06 bits per heavy atom. The summed E-state index contributed by atoms with van der Waals surface area (Å²) in [6.07, 6.45) is 0.660. The minimum absolute atomic E-state index is 0.234. The quantitative estimate of drug-likeness (QED) is 0.755. The van der Waals surface area contributed by atoms with E-state index in [9.17, 15) is 4.39 Å². The predicted molar refractivity (Wildman–Crippen MR) is 67.9 cm³/mol. The van der Waals surface area contributed by atoms with Gasteiger partial charge in [0.05, 0.1) is 0 Å². The SMILES string of the molecule is Fc1ccc(S)c(Cc2ccc(Cl)cc2)c1. The molecule has 0 radical (unpaired) electrons. The summed E-state index contributed by atoms with van der Waals surface area (Å²) in [4.78, 5) is 0.802. The maximum absolute atomic E-state index is 13.1. The zero-order valence-corrected chi connectivity index (χ0v) is 10.1. The molecule has 0 unspecified atom stereocenters. The van der Waals surface area contributed by atoms with Crippen LogP contribution in [0, 0.1) is 5.82 Å². The van der Waals surface area contributed by atoms with Gasteiger partial charge in [0.15, 0.2) is 0 Å². The fourth-order valence-corrected chi connectivity index (χ4v) is 1.86. The molecule has 0 spiro atoms. The Morgan fingerprint density at radius 2 is 1.75 bits per heavy atom. The van der Waals surface area contributed by atoms with Crippen molar-refractivity contribution >= 4 is 24.2 Å². The van der Waals surface area contributed by atoms with E-state index >= 15 is 0 Å². The van der Waals surface area contributed by atoms with Crippen molar-refractivity contribution in [1.82, 2.24) is 0 Å². The molecule has 2 aromatic carbocycles. The van der Waals surface area contributed by atoms with Crippen molar-refractivity contribution in [3.63, 3.8) is 0 Å². The highest BCUT2D eigenvalue weighted by molar-refractivity contribution is 7.80. The second kappa shape index (κ2) is 4.89. The third-order valence-electron chi connectivity index (χ3n) is 2.35. The van der Waals surface area contributed by atoms with Gasteiger partial charge in [-0.3, -0.25) is 0 Å². The smallest absolute Gasteiger partial charge is 0.123 e. The molecule has 2 aromatic rings. The number of hydrogen-bond acceptors (Lipinski definition) is 1. The third-order valence-corrected chi connectivity index (χ3v) is 3.04. The molecule has 82 valence electrons. The van der Waals surface area contributed by atoms with Crippen LogP contribution in [0.15, 0.2) is 47.4 Å².